The lowest BCUT2D eigenvalue weighted by atomic mass is 10.1. The van der Waals surface area contributed by atoms with Gasteiger partial charge in [0.1, 0.15) is 0 Å². The SMILES string of the molecule is C=CCCCCCC1OC1CC#CC#CC(C=C)OC(=O)CCCCCCC/C=C\C/C=C\CCCCC. The van der Waals surface area contributed by atoms with Crippen molar-refractivity contribution in [3.05, 3.63) is 49.6 Å². The van der Waals surface area contributed by atoms with E-state index in [2.05, 4.69) is 68.1 Å². The average Bonchev–Trinajstić information content (AvgIpc) is 3.67. The molecule has 0 bridgehead atoms. The molecule has 3 heteroatoms. The van der Waals surface area contributed by atoms with Crippen LogP contribution in [-0.4, -0.2) is 24.3 Å². The van der Waals surface area contributed by atoms with Crippen LogP contribution in [0.5, 0.6) is 0 Å². The zero-order valence-corrected chi connectivity index (χ0v) is 24.1. The van der Waals surface area contributed by atoms with E-state index in [4.69, 9.17) is 9.47 Å². The van der Waals surface area contributed by atoms with Gasteiger partial charge in [-0.1, -0.05) is 94.7 Å². The molecule has 0 aromatic heterocycles. The maximum absolute atomic E-state index is 12.1. The summed E-state index contributed by atoms with van der Waals surface area (Å²) in [6.07, 6.45) is 32.4. The largest absolute Gasteiger partial charge is 0.445 e. The molecule has 1 fully saturated rings. The van der Waals surface area contributed by atoms with Crippen LogP contribution in [0.15, 0.2) is 49.6 Å². The first kappa shape index (κ1) is 33.5. The Morgan fingerprint density at radius 1 is 0.842 bits per heavy atom. The van der Waals surface area contributed by atoms with Crippen molar-refractivity contribution >= 4 is 5.97 Å². The van der Waals surface area contributed by atoms with Gasteiger partial charge in [-0.05, 0) is 81.6 Å². The van der Waals surface area contributed by atoms with Crippen LogP contribution in [0, 0.1) is 23.7 Å². The number of esters is 1. The van der Waals surface area contributed by atoms with Crippen LogP contribution in [0.4, 0.5) is 0 Å². The number of hydrogen-bond donors (Lipinski definition) is 0. The van der Waals surface area contributed by atoms with Crippen LogP contribution in [-0.2, 0) is 14.3 Å². The number of epoxide rings is 1. The van der Waals surface area contributed by atoms with E-state index in [-0.39, 0.29) is 12.1 Å². The normalized spacial score (nSPS) is 16.9. The molecule has 0 spiro atoms. The third-order valence-electron chi connectivity index (χ3n) is 6.56. The van der Waals surface area contributed by atoms with Crippen LogP contribution in [0.3, 0.4) is 0 Å². The molecule has 0 amide bonds. The predicted octanol–water partition coefficient (Wildman–Crippen LogP) is 9.20. The fourth-order valence-corrected chi connectivity index (χ4v) is 4.14. The third-order valence-corrected chi connectivity index (χ3v) is 6.56. The Morgan fingerprint density at radius 3 is 2.26 bits per heavy atom. The summed E-state index contributed by atoms with van der Waals surface area (Å²) in [6, 6.07) is 0. The molecule has 0 saturated carbocycles. The van der Waals surface area contributed by atoms with Crippen molar-refractivity contribution in [1.29, 1.82) is 0 Å². The minimum Gasteiger partial charge on any atom is -0.445 e. The molecule has 1 rings (SSSR count). The molecule has 3 nitrogen and oxygen atoms in total. The predicted molar refractivity (Wildman–Crippen MR) is 162 cm³/mol. The van der Waals surface area contributed by atoms with Gasteiger partial charge in [0, 0.05) is 12.8 Å². The molecule has 1 aliphatic rings. The molecule has 1 heterocycles. The van der Waals surface area contributed by atoms with E-state index in [1.165, 1.54) is 57.8 Å². The van der Waals surface area contributed by atoms with Gasteiger partial charge in [0.25, 0.3) is 0 Å². The molecule has 38 heavy (non-hydrogen) atoms. The third kappa shape index (κ3) is 20.6. The molecular weight excluding hydrogens is 468 g/mol. The molecular formula is C35H52O3. The molecule has 0 aromatic carbocycles. The highest BCUT2D eigenvalue weighted by atomic mass is 16.6. The Kier molecular flexibility index (Phi) is 21.9. The first-order valence-electron chi connectivity index (χ1n) is 15.1. The lowest BCUT2D eigenvalue weighted by Gasteiger charge is -2.07. The first-order valence-corrected chi connectivity index (χ1v) is 15.1. The summed E-state index contributed by atoms with van der Waals surface area (Å²) < 4.78 is 11.1. The lowest BCUT2D eigenvalue weighted by molar-refractivity contribution is -0.144. The minimum atomic E-state index is -0.602. The van der Waals surface area contributed by atoms with Crippen LogP contribution in [0.1, 0.15) is 122 Å². The topological polar surface area (TPSA) is 38.8 Å². The Morgan fingerprint density at radius 2 is 1.53 bits per heavy atom. The second kappa shape index (κ2) is 24.8. The van der Waals surface area contributed by atoms with E-state index in [1.807, 2.05) is 6.08 Å². The van der Waals surface area contributed by atoms with Crippen molar-refractivity contribution in [2.45, 2.75) is 141 Å². The van der Waals surface area contributed by atoms with Gasteiger partial charge in [-0.3, -0.25) is 4.79 Å². The van der Waals surface area contributed by atoms with Gasteiger partial charge in [-0.2, -0.15) is 0 Å². The average molecular weight is 521 g/mol. The van der Waals surface area contributed by atoms with Crippen LogP contribution < -0.4 is 0 Å². The van der Waals surface area contributed by atoms with Gasteiger partial charge in [-0.15, -0.1) is 6.58 Å². The molecule has 0 aromatic rings. The molecule has 210 valence electrons. The summed E-state index contributed by atoms with van der Waals surface area (Å²) >= 11 is 0. The summed E-state index contributed by atoms with van der Waals surface area (Å²) in [5, 5.41) is 0. The lowest BCUT2D eigenvalue weighted by Crippen LogP contribution is -2.13. The smallest absolute Gasteiger partial charge is 0.307 e. The zero-order chi connectivity index (χ0) is 27.5. The summed E-state index contributed by atoms with van der Waals surface area (Å²) in [5.74, 6) is 11.4. The second-order valence-electron chi connectivity index (χ2n) is 10.0. The Labute approximate surface area is 234 Å². The number of carbonyl (C=O) groups is 1. The van der Waals surface area contributed by atoms with Crippen molar-refractivity contribution in [2.75, 3.05) is 0 Å². The maximum Gasteiger partial charge on any atom is 0.307 e. The highest BCUT2D eigenvalue weighted by Gasteiger charge is 2.36. The number of ether oxygens (including phenoxy) is 2. The molecule has 3 atom stereocenters. The Balaban J connectivity index is 2.02. The number of rotatable bonds is 23. The van der Waals surface area contributed by atoms with Gasteiger partial charge >= 0.3 is 5.97 Å². The van der Waals surface area contributed by atoms with Crippen molar-refractivity contribution in [3.8, 4) is 23.7 Å². The van der Waals surface area contributed by atoms with E-state index in [0.29, 0.717) is 18.9 Å². The molecule has 1 aliphatic heterocycles. The van der Waals surface area contributed by atoms with Crippen molar-refractivity contribution < 1.29 is 14.3 Å². The van der Waals surface area contributed by atoms with E-state index < -0.39 is 6.10 Å². The maximum atomic E-state index is 12.1. The Bertz CT molecular complexity index is 814. The fraction of sp³-hybridized carbons (Fsp3) is 0.629. The molecule has 0 aliphatic carbocycles. The van der Waals surface area contributed by atoms with Gasteiger partial charge in [0.15, 0.2) is 6.10 Å². The van der Waals surface area contributed by atoms with Gasteiger partial charge < -0.3 is 9.47 Å². The number of unbranched alkanes of at least 4 members (excludes halogenated alkanes) is 11. The summed E-state index contributed by atoms with van der Waals surface area (Å²) in [4.78, 5) is 12.1. The van der Waals surface area contributed by atoms with Crippen LogP contribution >= 0.6 is 0 Å². The quantitative estimate of drug-likeness (QED) is 0.0443. The van der Waals surface area contributed by atoms with Crippen LogP contribution in [0.2, 0.25) is 0 Å². The number of carbonyl (C=O) groups excluding carboxylic acids is 1. The zero-order valence-electron chi connectivity index (χ0n) is 24.1. The van der Waals surface area contributed by atoms with Crippen molar-refractivity contribution in [1.82, 2.24) is 0 Å². The molecule has 0 radical (unpaired) electrons. The molecule has 0 N–H and O–H groups in total. The highest BCUT2D eigenvalue weighted by molar-refractivity contribution is 5.70. The van der Waals surface area contributed by atoms with Crippen molar-refractivity contribution in [2.24, 2.45) is 0 Å². The van der Waals surface area contributed by atoms with Gasteiger partial charge in [0.2, 0.25) is 0 Å². The Hall–Kier alpha value is -2.49. The minimum absolute atomic E-state index is 0.217. The van der Waals surface area contributed by atoms with Crippen molar-refractivity contribution in [3.63, 3.8) is 0 Å². The summed E-state index contributed by atoms with van der Waals surface area (Å²) in [6.45, 7) is 9.71. The second-order valence-corrected chi connectivity index (χ2v) is 10.0. The molecule has 3 unspecified atom stereocenters. The highest BCUT2D eigenvalue weighted by Crippen LogP contribution is 2.29. The van der Waals surface area contributed by atoms with E-state index in [1.54, 1.807) is 6.08 Å². The first-order chi connectivity index (χ1) is 18.7. The monoisotopic (exact) mass is 520 g/mol. The fourth-order valence-electron chi connectivity index (χ4n) is 4.14. The number of hydrogen-bond acceptors (Lipinski definition) is 3. The van der Waals surface area contributed by atoms with Gasteiger partial charge in [0.05, 0.1) is 12.2 Å². The van der Waals surface area contributed by atoms with E-state index in [0.717, 1.165) is 44.9 Å². The molecule has 1 saturated heterocycles. The summed E-state index contributed by atoms with van der Waals surface area (Å²) in [7, 11) is 0. The number of allylic oxidation sites excluding steroid dienone is 5. The van der Waals surface area contributed by atoms with Crippen LogP contribution in [0.25, 0.3) is 0 Å². The van der Waals surface area contributed by atoms with E-state index >= 15 is 0 Å². The standard InChI is InChI=1S/C35H52O3/c1-4-7-9-11-12-13-14-15-16-17-18-19-20-22-27-31-35(36)37-32(6-3)28-24-23-26-30-34-33(38-34)29-25-21-10-8-5-2/h5-6,12-13,15-16,32-34H,2-4,7-11,14,17-22,25,27,29-31H2,1H3/b13-12-,16-15-. The summed E-state index contributed by atoms with van der Waals surface area (Å²) in [5.41, 5.74) is 0. The van der Waals surface area contributed by atoms with E-state index in [9.17, 15) is 4.79 Å². The van der Waals surface area contributed by atoms with Gasteiger partial charge in [-0.25, -0.2) is 0 Å².